The molecule has 5 heteroatoms. The predicted octanol–water partition coefficient (Wildman–Crippen LogP) is 3.39. The van der Waals surface area contributed by atoms with Gasteiger partial charge < -0.3 is 15.3 Å². The maximum absolute atomic E-state index is 11.8. The summed E-state index contributed by atoms with van der Waals surface area (Å²) in [5.74, 6) is 0.136. The Balaban J connectivity index is 1.62. The molecular weight excluding hydrogens is 316 g/mol. The van der Waals surface area contributed by atoms with Crippen LogP contribution >= 0.6 is 0 Å². The number of carbonyl (C=O) groups is 1. The zero-order chi connectivity index (χ0) is 17.6. The number of benzene rings is 3. The second-order valence-corrected chi connectivity index (χ2v) is 5.58. The molecule has 0 spiro atoms. The van der Waals surface area contributed by atoms with Crippen LogP contribution in [0.4, 0.5) is 0 Å². The lowest BCUT2D eigenvalue weighted by Crippen LogP contribution is -2.18. The van der Waals surface area contributed by atoms with Crippen molar-refractivity contribution in [2.75, 3.05) is 6.61 Å². The van der Waals surface area contributed by atoms with Gasteiger partial charge in [0.05, 0.1) is 0 Å². The SMILES string of the molecule is Cc1cccc(/C(N)=N/OC(=O)COc2cccc3ccccc23)c1. The Labute approximate surface area is 145 Å². The van der Waals surface area contributed by atoms with E-state index in [9.17, 15) is 4.79 Å². The Hall–Kier alpha value is -3.34. The lowest BCUT2D eigenvalue weighted by Gasteiger charge is -2.08. The third kappa shape index (κ3) is 4.14. The van der Waals surface area contributed by atoms with Gasteiger partial charge in [-0.2, -0.15) is 0 Å². The van der Waals surface area contributed by atoms with Gasteiger partial charge in [0.2, 0.25) is 0 Å². The number of nitrogens with zero attached hydrogens (tertiary/aromatic N) is 1. The molecule has 0 radical (unpaired) electrons. The van der Waals surface area contributed by atoms with Gasteiger partial charge in [-0.15, -0.1) is 0 Å². The number of hydrogen-bond donors (Lipinski definition) is 1. The summed E-state index contributed by atoms with van der Waals surface area (Å²) in [5, 5.41) is 5.64. The summed E-state index contributed by atoms with van der Waals surface area (Å²) in [6.07, 6.45) is 0. The molecular formula is C20H18N2O3. The van der Waals surface area contributed by atoms with Gasteiger partial charge in [0.25, 0.3) is 0 Å². The molecule has 2 N–H and O–H groups in total. The lowest BCUT2D eigenvalue weighted by molar-refractivity contribution is -0.146. The second kappa shape index (κ2) is 7.49. The molecule has 0 amide bonds. The zero-order valence-corrected chi connectivity index (χ0v) is 13.8. The number of hydrogen-bond acceptors (Lipinski definition) is 4. The normalized spacial score (nSPS) is 11.3. The molecule has 3 rings (SSSR count). The number of carbonyl (C=O) groups excluding carboxylic acids is 1. The van der Waals surface area contributed by atoms with E-state index in [0.29, 0.717) is 11.3 Å². The van der Waals surface area contributed by atoms with Crippen molar-refractivity contribution in [2.24, 2.45) is 10.9 Å². The molecule has 0 saturated heterocycles. The van der Waals surface area contributed by atoms with Crippen LogP contribution in [0.2, 0.25) is 0 Å². The minimum absolute atomic E-state index is 0.141. The maximum Gasteiger partial charge on any atom is 0.372 e. The van der Waals surface area contributed by atoms with Crippen molar-refractivity contribution in [3.63, 3.8) is 0 Å². The predicted molar refractivity (Wildman–Crippen MR) is 97.4 cm³/mol. The van der Waals surface area contributed by atoms with Crippen LogP contribution in [0.1, 0.15) is 11.1 Å². The van der Waals surface area contributed by atoms with E-state index in [4.69, 9.17) is 15.3 Å². The van der Waals surface area contributed by atoms with Gasteiger partial charge in [-0.25, -0.2) is 4.79 Å². The summed E-state index contributed by atoms with van der Waals surface area (Å²) < 4.78 is 5.55. The monoisotopic (exact) mass is 334 g/mol. The van der Waals surface area contributed by atoms with E-state index in [0.717, 1.165) is 16.3 Å². The summed E-state index contributed by atoms with van der Waals surface area (Å²) in [6, 6.07) is 20.9. The summed E-state index contributed by atoms with van der Waals surface area (Å²) in [4.78, 5) is 16.7. The summed E-state index contributed by atoms with van der Waals surface area (Å²) in [6.45, 7) is 1.69. The van der Waals surface area contributed by atoms with Crippen molar-refractivity contribution in [2.45, 2.75) is 6.92 Å². The molecule has 0 bridgehead atoms. The van der Waals surface area contributed by atoms with E-state index in [-0.39, 0.29) is 12.4 Å². The van der Waals surface area contributed by atoms with Gasteiger partial charge in [-0.05, 0) is 24.4 Å². The quantitative estimate of drug-likeness (QED) is 0.336. The molecule has 3 aromatic carbocycles. The lowest BCUT2D eigenvalue weighted by atomic mass is 10.1. The number of ether oxygens (including phenoxy) is 1. The second-order valence-electron chi connectivity index (χ2n) is 5.58. The molecule has 25 heavy (non-hydrogen) atoms. The van der Waals surface area contributed by atoms with Gasteiger partial charge in [0.15, 0.2) is 12.4 Å². The Morgan fingerprint density at radius 3 is 2.64 bits per heavy atom. The van der Waals surface area contributed by atoms with Crippen LogP contribution in [-0.4, -0.2) is 18.4 Å². The third-order valence-corrected chi connectivity index (χ3v) is 3.65. The number of fused-ring (bicyclic) bond motifs is 1. The van der Waals surface area contributed by atoms with E-state index >= 15 is 0 Å². The first kappa shape index (κ1) is 16.5. The van der Waals surface area contributed by atoms with Crippen molar-refractivity contribution in [3.8, 4) is 5.75 Å². The first-order chi connectivity index (χ1) is 12.1. The highest BCUT2D eigenvalue weighted by Gasteiger charge is 2.08. The number of aryl methyl sites for hydroxylation is 1. The largest absolute Gasteiger partial charge is 0.481 e. The van der Waals surface area contributed by atoms with E-state index < -0.39 is 5.97 Å². The van der Waals surface area contributed by atoms with Crippen LogP contribution in [0, 0.1) is 6.92 Å². The van der Waals surface area contributed by atoms with E-state index in [2.05, 4.69) is 5.16 Å². The van der Waals surface area contributed by atoms with Crippen LogP contribution in [0.15, 0.2) is 71.9 Å². The number of oxime groups is 1. The molecule has 0 unspecified atom stereocenters. The summed E-state index contributed by atoms with van der Waals surface area (Å²) >= 11 is 0. The summed E-state index contributed by atoms with van der Waals surface area (Å²) in [7, 11) is 0. The van der Waals surface area contributed by atoms with Gasteiger partial charge in [0.1, 0.15) is 5.75 Å². The molecule has 0 aliphatic carbocycles. The van der Waals surface area contributed by atoms with Gasteiger partial charge in [0, 0.05) is 10.9 Å². The van der Waals surface area contributed by atoms with E-state index in [1.807, 2.05) is 61.5 Å². The Morgan fingerprint density at radius 2 is 1.80 bits per heavy atom. The topological polar surface area (TPSA) is 73.9 Å². The van der Waals surface area contributed by atoms with Gasteiger partial charge in [-0.3, -0.25) is 0 Å². The molecule has 0 fully saturated rings. The fourth-order valence-electron chi connectivity index (χ4n) is 2.44. The van der Waals surface area contributed by atoms with Crippen LogP contribution in [-0.2, 0) is 9.63 Å². The van der Waals surface area contributed by atoms with Crippen molar-refractivity contribution in [3.05, 3.63) is 77.9 Å². The van der Waals surface area contributed by atoms with E-state index in [1.165, 1.54) is 0 Å². The van der Waals surface area contributed by atoms with Crippen molar-refractivity contribution >= 4 is 22.6 Å². The molecule has 0 aliphatic rings. The molecule has 126 valence electrons. The third-order valence-electron chi connectivity index (χ3n) is 3.65. The zero-order valence-electron chi connectivity index (χ0n) is 13.8. The average molecular weight is 334 g/mol. The molecule has 5 nitrogen and oxygen atoms in total. The average Bonchev–Trinajstić information content (AvgIpc) is 2.64. The van der Waals surface area contributed by atoms with Crippen molar-refractivity contribution in [1.82, 2.24) is 0 Å². The van der Waals surface area contributed by atoms with Gasteiger partial charge >= 0.3 is 5.97 Å². The van der Waals surface area contributed by atoms with Crippen LogP contribution in [0.25, 0.3) is 10.8 Å². The van der Waals surface area contributed by atoms with Crippen LogP contribution in [0.3, 0.4) is 0 Å². The molecule has 3 aromatic rings. The molecule has 0 saturated carbocycles. The highest BCUT2D eigenvalue weighted by molar-refractivity contribution is 5.97. The molecule has 0 aromatic heterocycles. The van der Waals surface area contributed by atoms with Crippen molar-refractivity contribution in [1.29, 1.82) is 0 Å². The smallest absolute Gasteiger partial charge is 0.372 e. The maximum atomic E-state index is 11.8. The highest BCUT2D eigenvalue weighted by Crippen LogP contribution is 2.24. The minimum Gasteiger partial charge on any atom is -0.481 e. The first-order valence-electron chi connectivity index (χ1n) is 7.84. The number of rotatable bonds is 5. The van der Waals surface area contributed by atoms with Gasteiger partial charge in [-0.1, -0.05) is 65.3 Å². The van der Waals surface area contributed by atoms with Crippen molar-refractivity contribution < 1.29 is 14.4 Å². The minimum atomic E-state index is -0.622. The summed E-state index contributed by atoms with van der Waals surface area (Å²) in [5.41, 5.74) is 7.57. The number of nitrogens with two attached hydrogens (primary N) is 1. The fraction of sp³-hybridized carbons (Fsp3) is 0.100. The molecule has 0 aliphatic heterocycles. The highest BCUT2D eigenvalue weighted by atomic mass is 16.7. The fourth-order valence-corrected chi connectivity index (χ4v) is 2.44. The Morgan fingerprint density at radius 1 is 1.04 bits per heavy atom. The Kier molecular flexibility index (Phi) is 4.95. The van der Waals surface area contributed by atoms with Crippen LogP contribution < -0.4 is 10.5 Å². The Bertz CT molecular complexity index is 930. The molecule has 0 atom stereocenters. The standard InChI is InChI=1S/C20H18N2O3/c1-14-6-4-9-16(12-14)20(21)22-25-19(23)13-24-18-11-5-8-15-7-2-3-10-17(15)18/h2-12H,13H2,1H3,(H2,21,22). The first-order valence-corrected chi connectivity index (χ1v) is 7.84. The number of amidine groups is 1. The molecule has 0 heterocycles. The van der Waals surface area contributed by atoms with E-state index in [1.54, 1.807) is 12.1 Å². The van der Waals surface area contributed by atoms with Crippen LogP contribution in [0.5, 0.6) is 5.75 Å².